The van der Waals surface area contributed by atoms with Crippen LogP contribution in [0.1, 0.15) is 13.8 Å². The van der Waals surface area contributed by atoms with Crippen LogP contribution in [0.2, 0.25) is 0 Å². The van der Waals surface area contributed by atoms with Crippen molar-refractivity contribution in [3.63, 3.8) is 0 Å². The molecule has 3 heteroatoms. The predicted octanol–water partition coefficient (Wildman–Crippen LogP) is 6.76. The summed E-state index contributed by atoms with van der Waals surface area (Å²) >= 11 is 0. The molecule has 0 aliphatic carbocycles. The van der Waals surface area contributed by atoms with Gasteiger partial charge in [-0.2, -0.15) is 0 Å². The molecule has 6 rings (SSSR count). The fourth-order valence-corrected chi connectivity index (χ4v) is 8.27. The summed E-state index contributed by atoms with van der Waals surface area (Å²) in [5.74, 6) is 0. The molecule has 0 spiro atoms. The minimum Gasteiger partial charge on any atom is -0.313 e. The van der Waals surface area contributed by atoms with Crippen LogP contribution in [0.3, 0.4) is 0 Å². The Morgan fingerprint density at radius 1 is 0.645 bits per heavy atom. The van der Waals surface area contributed by atoms with Gasteiger partial charge in [0.2, 0.25) is 0 Å². The Hall–Kier alpha value is -3.22. The summed E-state index contributed by atoms with van der Waals surface area (Å²) in [4.78, 5) is 4.78. The molecule has 2 nitrogen and oxygen atoms in total. The van der Waals surface area contributed by atoms with E-state index >= 15 is 0 Å². The molecule has 0 bridgehead atoms. The highest BCUT2D eigenvalue weighted by Gasteiger charge is 2.39. The van der Waals surface area contributed by atoms with E-state index in [0.717, 1.165) is 54.5 Å². The molecule has 5 aromatic rings. The van der Waals surface area contributed by atoms with Crippen LogP contribution in [0.15, 0.2) is 91.1 Å². The second-order valence-corrected chi connectivity index (χ2v) is 11.8. The SMILES string of the molecule is CC(C)P1(=O)c2ccccc2-c2c(c3cccnc3c3ccccc23)-c2ccccc21. The van der Waals surface area contributed by atoms with Gasteiger partial charge in [-0.1, -0.05) is 92.7 Å². The van der Waals surface area contributed by atoms with Crippen LogP contribution in [-0.2, 0) is 4.57 Å². The second kappa shape index (κ2) is 6.64. The first kappa shape index (κ1) is 18.5. The average molecular weight is 419 g/mol. The van der Waals surface area contributed by atoms with Crippen molar-refractivity contribution in [3.8, 4) is 22.3 Å². The Kier molecular flexibility index (Phi) is 3.97. The summed E-state index contributed by atoms with van der Waals surface area (Å²) in [5, 5.41) is 5.31. The zero-order chi connectivity index (χ0) is 21.2. The van der Waals surface area contributed by atoms with Crippen molar-refractivity contribution < 1.29 is 4.57 Å². The number of rotatable bonds is 1. The van der Waals surface area contributed by atoms with Crippen molar-refractivity contribution in [3.05, 3.63) is 91.1 Å². The molecule has 4 aromatic carbocycles. The lowest BCUT2D eigenvalue weighted by molar-refractivity contribution is 0.582. The molecule has 1 aliphatic heterocycles. The van der Waals surface area contributed by atoms with Crippen molar-refractivity contribution >= 4 is 39.4 Å². The van der Waals surface area contributed by atoms with Crippen molar-refractivity contribution in [2.75, 3.05) is 0 Å². The highest BCUT2D eigenvalue weighted by atomic mass is 31.2. The van der Waals surface area contributed by atoms with Crippen LogP contribution in [0, 0.1) is 0 Å². The van der Waals surface area contributed by atoms with Crippen LogP contribution in [0.4, 0.5) is 0 Å². The number of hydrogen-bond acceptors (Lipinski definition) is 2. The smallest absolute Gasteiger partial charge is 0.146 e. The van der Waals surface area contributed by atoms with E-state index in [4.69, 9.17) is 4.98 Å². The monoisotopic (exact) mass is 419 g/mol. The molecule has 31 heavy (non-hydrogen) atoms. The highest BCUT2D eigenvalue weighted by molar-refractivity contribution is 7.79. The largest absolute Gasteiger partial charge is 0.313 e. The third-order valence-corrected chi connectivity index (χ3v) is 10.2. The molecule has 0 N–H and O–H groups in total. The van der Waals surface area contributed by atoms with Crippen LogP contribution >= 0.6 is 7.14 Å². The van der Waals surface area contributed by atoms with Gasteiger partial charge in [-0.25, -0.2) is 0 Å². The van der Waals surface area contributed by atoms with Gasteiger partial charge in [-0.05, 0) is 28.1 Å². The fourth-order valence-electron chi connectivity index (χ4n) is 5.19. The van der Waals surface area contributed by atoms with Gasteiger partial charge in [-0.3, -0.25) is 4.98 Å². The van der Waals surface area contributed by atoms with Gasteiger partial charge in [0.25, 0.3) is 0 Å². The third-order valence-electron chi connectivity index (χ3n) is 6.57. The molecule has 1 aliphatic rings. The molecule has 0 saturated carbocycles. The Labute approximate surface area is 182 Å². The van der Waals surface area contributed by atoms with Crippen LogP contribution in [-0.4, -0.2) is 10.6 Å². The predicted molar refractivity (Wildman–Crippen MR) is 132 cm³/mol. The minimum atomic E-state index is -2.87. The third kappa shape index (κ3) is 2.40. The number of benzene rings is 4. The minimum absolute atomic E-state index is 0.000217. The van der Waals surface area contributed by atoms with Crippen LogP contribution in [0.25, 0.3) is 43.9 Å². The van der Waals surface area contributed by atoms with Crippen molar-refractivity contribution in [2.45, 2.75) is 19.5 Å². The topological polar surface area (TPSA) is 30.0 Å². The molecule has 1 atom stereocenters. The van der Waals surface area contributed by atoms with E-state index in [0.29, 0.717) is 0 Å². The number of aromatic nitrogens is 1. The van der Waals surface area contributed by atoms with Gasteiger partial charge in [0.1, 0.15) is 7.14 Å². The zero-order valence-corrected chi connectivity index (χ0v) is 18.4. The maximum atomic E-state index is 14.9. The summed E-state index contributed by atoms with van der Waals surface area (Å²) in [6.07, 6.45) is 1.86. The van der Waals surface area contributed by atoms with Crippen LogP contribution in [0.5, 0.6) is 0 Å². The van der Waals surface area contributed by atoms with Crippen molar-refractivity contribution in [1.29, 1.82) is 0 Å². The van der Waals surface area contributed by atoms with Gasteiger partial charge in [0, 0.05) is 38.8 Å². The number of fused-ring (bicyclic) bond motifs is 10. The number of pyridine rings is 1. The van der Waals surface area contributed by atoms with Gasteiger partial charge < -0.3 is 4.57 Å². The van der Waals surface area contributed by atoms with E-state index in [9.17, 15) is 4.57 Å². The van der Waals surface area contributed by atoms with Crippen molar-refractivity contribution in [1.82, 2.24) is 4.98 Å². The zero-order valence-electron chi connectivity index (χ0n) is 17.5. The van der Waals surface area contributed by atoms with Crippen LogP contribution < -0.4 is 10.6 Å². The first-order valence-corrected chi connectivity index (χ1v) is 12.5. The Morgan fingerprint density at radius 3 is 1.81 bits per heavy atom. The Morgan fingerprint density at radius 2 is 1.16 bits per heavy atom. The maximum Gasteiger partial charge on any atom is 0.146 e. The first-order valence-electron chi connectivity index (χ1n) is 10.7. The van der Waals surface area contributed by atoms with E-state index < -0.39 is 7.14 Å². The lowest BCUT2D eigenvalue weighted by Crippen LogP contribution is -2.23. The maximum absolute atomic E-state index is 14.9. The molecular weight excluding hydrogens is 397 g/mol. The van der Waals surface area contributed by atoms with Gasteiger partial charge in [0.15, 0.2) is 0 Å². The lowest BCUT2D eigenvalue weighted by atomic mass is 9.86. The van der Waals surface area contributed by atoms with E-state index in [2.05, 4.69) is 80.6 Å². The molecule has 0 amide bonds. The number of nitrogens with zero attached hydrogens (tertiary/aromatic N) is 1. The average Bonchev–Trinajstić information content (AvgIpc) is 2.92. The Bertz CT molecular complexity index is 1440. The molecule has 0 saturated heterocycles. The van der Waals surface area contributed by atoms with E-state index in [1.807, 2.05) is 24.4 Å². The van der Waals surface area contributed by atoms with Gasteiger partial charge in [-0.15, -0.1) is 0 Å². The summed E-state index contributed by atoms with van der Waals surface area (Å²) in [7, 11) is -2.87. The first-order chi connectivity index (χ1) is 15.1. The molecule has 1 unspecified atom stereocenters. The standard InChI is InChI=1S/C28H22NOP/c1-18(2)31(30)24-15-7-5-12-21(24)26-19-10-3-4-11-20(19)28-23(14-9-17-29-28)27(26)22-13-6-8-16-25(22)31/h3-18H,1-2H3. The summed E-state index contributed by atoms with van der Waals surface area (Å²) in [6.45, 7) is 4.17. The van der Waals surface area contributed by atoms with E-state index in [1.54, 1.807) is 0 Å². The van der Waals surface area contributed by atoms with Crippen molar-refractivity contribution in [2.24, 2.45) is 0 Å². The fraction of sp³-hybridized carbons (Fsp3) is 0.107. The van der Waals surface area contributed by atoms with E-state index in [-0.39, 0.29) is 5.66 Å². The van der Waals surface area contributed by atoms with Gasteiger partial charge >= 0.3 is 0 Å². The normalized spacial score (nSPS) is 17.3. The molecule has 0 fully saturated rings. The molecule has 1 aromatic heterocycles. The highest BCUT2D eigenvalue weighted by Crippen LogP contribution is 2.57. The number of hydrogen-bond donors (Lipinski definition) is 0. The lowest BCUT2D eigenvalue weighted by Gasteiger charge is -2.25. The molecule has 150 valence electrons. The van der Waals surface area contributed by atoms with Gasteiger partial charge in [0.05, 0.1) is 5.52 Å². The molecular formula is C28H22NOP. The molecule has 2 heterocycles. The summed E-state index contributed by atoms with van der Waals surface area (Å²) in [5.41, 5.74) is 5.44. The Balaban J connectivity index is 1.98. The summed E-state index contributed by atoms with van der Waals surface area (Å²) < 4.78 is 14.9. The quantitative estimate of drug-likeness (QED) is 0.222. The van der Waals surface area contributed by atoms with E-state index in [1.165, 1.54) is 0 Å². The second-order valence-electron chi connectivity index (χ2n) is 8.48. The summed E-state index contributed by atoms with van der Waals surface area (Å²) in [6, 6.07) is 29.2. The molecule has 0 radical (unpaired) electrons.